The Morgan fingerprint density at radius 1 is 1.42 bits per heavy atom. The van der Waals surface area contributed by atoms with Crippen LogP contribution in [0.5, 0.6) is 0 Å². The van der Waals surface area contributed by atoms with Gasteiger partial charge in [0.15, 0.2) is 0 Å². The molecule has 3 rings (SSSR count). The van der Waals surface area contributed by atoms with E-state index in [9.17, 15) is 14.7 Å². The van der Waals surface area contributed by atoms with Gasteiger partial charge in [-0.05, 0) is 25.2 Å². The van der Waals surface area contributed by atoms with E-state index in [0.717, 1.165) is 19.1 Å². The van der Waals surface area contributed by atoms with Crippen LogP contribution in [-0.2, 0) is 14.3 Å². The highest BCUT2D eigenvalue weighted by Crippen LogP contribution is 2.62. The molecular weight excluding hydrogens is 244 g/mol. The molecule has 4 nitrogen and oxygen atoms in total. The van der Waals surface area contributed by atoms with Crippen LogP contribution < -0.4 is 0 Å². The first-order valence-corrected chi connectivity index (χ1v) is 6.88. The van der Waals surface area contributed by atoms with Crippen molar-refractivity contribution >= 4 is 12.3 Å². The molecule has 0 aromatic heterocycles. The third-order valence-corrected chi connectivity index (χ3v) is 5.89. The van der Waals surface area contributed by atoms with Crippen LogP contribution >= 0.6 is 0 Å². The van der Waals surface area contributed by atoms with Crippen molar-refractivity contribution in [3.63, 3.8) is 0 Å². The second-order valence-corrected chi connectivity index (χ2v) is 6.86. The zero-order valence-electron chi connectivity index (χ0n) is 11.4. The topological polar surface area (TPSA) is 63.6 Å². The molecule has 3 fully saturated rings. The van der Waals surface area contributed by atoms with E-state index in [1.165, 1.54) is 0 Å². The molecule has 0 amide bonds. The molecule has 2 saturated carbocycles. The molecule has 0 bridgehead atoms. The quantitative estimate of drug-likeness (QED) is 0.442. The lowest BCUT2D eigenvalue weighted by molar-refractivity contribution is -0.162. The second-order valence-electron chi connectivity index (χ2n) is 6.86. The Hall–Kier alpha value is -1.16. The molecule has 0 radical (unpaired) electrons. The number of hydrogen-bond donors (Lipinski definition) is 1. The zero-order chi connectivity index (χ0) is 14.0. The predicted molar refractivity (Wildman–Crippen MR) is 68.1 cm³/mol. The molecule has 6 atom stereocenters. The Labute approximate surface area is 112 Å². The molecule has 0 spiro atoms. The largest absolute Gasteiger partial charge is 0.456 e. The van der Waals surface area contributed by atoms with E-state index in [0.29, 0.717) is 12.0 Å². The summed E-state index contributed by atoms with van der Waals surface area (Å²) in [5.74, 6) is -0.455. The number of hydrogen-bond acceptors (Lipinski definition) is 4. The van der Waals surface area contributed by atoms with Gasteiger partial charge in [-0.2, -0.15) is 0 Å². The van der Waals surface area contributed by atoms with E-state index in [4.69, 9.17) is 4.74 Å². The number of ether oxygens (including phenoxy) is 1. The minimum atomic E-state index is -0.707. The van der Waals surface area contributed by atoms with Crippen molar-refractivity contribution < 1.29 is 19.4 Å². The van der Waals surface area contributed by atoms with Crippen LogP contribution in [0.15, 0.2) is 12.2 Å². The molecule has 0 aromatic carbocycles. The van der Waals surface area contributed by atoms with E-state index in [2.05, 4.69) is 6.58 Å². The number of fused-ring (bicyclic) bond motifs is 2. The lowest BCUT2D eigenvalue weighted by Crippen LogP contribution is -2.53. The SMILES string of the molecule is C=C1C(=O)O[C@H]2[C@H]1C[C@H]1[C@@](C)(CC[C@]1(C)C=O)[C@H]2O. The maximum atomic E-state index is 11.6. The van der Waals surface area contributed by atoms with Crippen molar-refractivity contribution in [1.29, 1.82) is 0 Å². The fourth-order valence-electron chi connectivity index (χ4n) is 4.50. The zero-order valence-corrected chi connectivity index (χ0v) is 11.4. The third-order valence-electron chi connectivity index (χ3n) is 5.89. The summed E-state index contributed by atoms with van der Waals surface area (Å²) in [6.45, 7) is 7.77. The average molecular weight is 264 g/mol. The number of aliphatic hydroxyl groups is 1. The smallest absolute Gasteiger partial charge is 0.334 e. The average Bonchev–Trinajstić information content (AvgIpc) is 2.82. The van der Waals surface area contributed by atoms with Crippen LogP contribution in [0, 0.1) is 22.7 Å². The fourth-order valence-corrected chi connectivity index (χ4v) is 4.50. The molecule has 3 aliphatic rings. The van der Waals surface area contributed by atoms with Gasteiger partial charge in [0.2, 0.25) is 0 Å². The van der Waals surface area contributed by atoms with Gasteiger partial charge in [0, 0.05) is 22.3 Å². The van der Waals surface area contributed by atoms with Gasteiger partial charge in [-0.25, -0.2) is 4.79 Å². The normalized spacial score (nSPS) is 52.6. The third kappa shape index (κ3) is 1.43. The van der Waals surface area contributed by atoms with Gasteiger partial charge in [0.1, 0.15) is 12.4 Å². The number of carbonyl (C=O) groups excluding carboxylic acids is 2. The number of carbonyl (C=O) groups is 2. The number of rotatable bonds is 1. The molecule has 1 aliphatic heterocycles. The molecule has 1 heterocycles. The Bertz CT molecular complexity index is 471. The summed E-state index contributed by atoms with van der Waals surface area (Å²) in [6.07, 6.45) is 2.13. The lowest BCUT2D eigenvalue weighted by Gasteiger charge is -2.48. The summed E-state index contributed by atoms with van der Waals surface area (Å²) in [4.78, 5) is 23.1. The van der Waals surface area contributed by atoms with Crippen LogP contribution in [0.25, 0.3) is 0 Å². The second kappa shape index (κ2) is 3.69. The Balaban J connectivity index is 2.01. The molecule has 104 valence electrons. The molecule has 19 heavy (non-hydrogen) atoms. The van der Waals surface area contributed by atoms with Crippen molar-refractivity contribution in [2.75, 3.05) is 0 Å². The summed E-state index contributed by atoms with van der Waals surface area (Å²) in [7, 11) is 0. The Kier molecular flexibility index (Phi) is 2.50. The van der Waals surface area contributed by atoms with E-state index < -0.39 is 23.6 Å². The first-order chi connectivity index (χ1) is 8.83. The van der Waals surface area contributed by atoms with Gasteiger partial charge in [0.25, 0.3) is 0 Å². The summed E-state index contributed by atoms with van der Waals surface area (Å²) in [5.41, 5.74) is -0.305. The summed E-state index contributed by atoms with van der Waals surface area (Å²) in [6, 6.07) is 0. The summed E-state index contributed by atoms with van der Waals surface area (Å²) >= 11 is 0. The van der Waals surface area contributed by atoms with Crippen molar-refractivity contribution in [3.8, 4) is 0 Å². The molecule has 0 unspecified atom stereocenters. The molecule has 1 saturated heterocycles. The number of aldehydes is 1. The Morgan fingerprint density at radius 3 is 2.74 bits per heavy atom. The van der Waals surface area contributed by atoms with Crippen molar-refractivity contribution in [1.82, 2.24) is 0 Å². The summed E-state index contributed by atoms with van der Waals surface area (Å²) in [5, 5.41) is 10.6. The Morgan fingerprint density at radius 2 is 2.11 bits per heavy atom. The molecular formula is C15H20O4. The predicted octanol–water partition coefficient (Wildman–Crippen LogP) is 1.47. The molecule has 1 N–H and O–H groups in total. The first-order valence-electron chi connectivity index (χ1n) is 6.88. The number of esters is 1. The van der Waals surface area contributed by atoms with E-state index in [1.807, 2.05) is 13.8 Å². The van der Waals surface area contributed by atoms with Gasteiger partial charge >= 0.3 is 5.97 Å². The maximum absolute atomic E-state index is 11.6. The monoisotopic (exact) mass is 264 g/mol. The summed E-state index contributed by atoms with van der Waals surface area (Å²) < 4.78 is 5.29. The lowest BCUT2D eigenvalue weighted by atomic mass is 9.58. The van der Waals surface area contributed by atoms with Gasteiger partial charge in [-0.1, -0.05) is 20.4 Å². The van der Waals surface area contributed by atoms with Gasteiger partial charge in [-0.15, -0.1) is 0 Å². The van der Waals surface area contributed by atoms with E-state index in [-0.39, 0.29) is 17.3 Å². The fraction of sp³-hybridized carbons (Fsp3) is 0.733. The maximum Gasteiger partial charge on any atom is 0.334 e. The minimum Gasteiger partial charge on any atom is -0.456 e. The van der Waals surface area contributed by atoms with Gasteiger partial charge in [-0.3, -0.25) is 0 Å². The van der Waals surface area contributed by atoms with Crippen LogP contribution in [0.4, 0.5) is 0 Å². The standard InChI is InChI=1S/C15H20O4/c1-8-9-6-10-14(2,7-16)4-5-15(10,3)12(17)11(9)19-13(8)18/h7,9-12,17H,1,4-6H2,2-3H3/t9-,10+,11-,12-,14+,15+/m0/s1. The number of aliphatic hydroxyl groups excluding tert-OH is 1. The molecule has 2 aliphatic carbocycles. The molecule has 0 aromatic rings. The highest BCUT2D eigenvalue weighted by atomic mass is 16.6. The van der Waals surface area contributed by atoms with Crippen LogP contribution in [-0.4, -0.2) is 29.6 Å². The highest BCUT2D eigenvalue weighted by molar-refractivity contribution is 5.91. The van der Waals surface area contributed by atoms with E-state index in [1.54, 1.807) is 0 Å². The molecule has 4 heteroatoms. The first kappa shape index (κ1) is 12.9. The highest BCUT2D eigenvalue weighted by Gasteiger charge is 2.64. The van der Waals surface area contributed by atoms with Crippen LogP contribution in [0.2, 0.25) is 0 Å². The van der Waals surface area contributed by atoms with Crippen molar-refractivity contribution in [2.24, 2.45) is 22.7 Å². The van der Waals surface area contributed by atoms with Crippen molar-refractivity contribution in [3.05, 3.63) is 12.2 Å². The minimum absolute atomic E-state index is 0.0833. The van der Waals surface area contributed by atoms with Gasteiger partial charge in [0.05, 0.1) is 6.10 Å². The van der Waals surface area contributed by atoms with E-state index >= 15 is 0 Å². The van der Waals surface area contributed by atoms with Gasteiger partial charge < -0.3 is 14.6 Å². The van der Waals surface area contributed by atoms with Crippen molar-refractivity contribution in [2.45, 2.75) is 45.3 Å². The van der Waals surface area contributed by atoms with Crippen LogP contribution in [0.1, 0.15) is 33.1 Å². The van der Waals surface area contributed by atoms with Crippen LogP contribution in [0.3, 0.4) is 0 Å².